The van der Waals surface area contributed by atoms with Crippen molar-refractivity contribution in [2.75, 3.05) is 12.4 Å². The number of aromatic amines is 1. The number of nitrogens with two attached hydrogens (primary N) is 1. The van der Waals surface area contributed by atoms with Crippen LogP contribution in [0.5, 0.6) is 0 Å². The zero-order valence-corrected chi connectivity index (χ0v) is 22.7. The second-order valence-electron chi connectivity index (χ2n) is 11.0. The number of unbranched alkanes of at least 4 members (excludes halogenated alkanes) is 1. The molecule has 3 heteroatoms. The van der Waals surface area contributed by atoms with E-state index in [2.05, 4.69) is 71.7 Å². The van der Waals surface area contributed by atoms with Crippen molar-refractivity contribution in [3.05, 3.63) is 101 Å². The molecule has 0 unspecified atom stereocenters. The topological polar surface area (TPSA) is 41.8 Å². The Labute approximate surface area is 227 Å². The first-order valence-corrected chi connectivity index (χ1v) is 14.5. The van der Waals surface area contributed by atoms with Crippen molar-refractivity contribution in [2.45, 2.75) is 71.1 Å². The first-order chi connectivity index (χ1) is 18.7. The van der Waals surface area contributed by atoms with Crippen LogP contribution in [-0.2, 0) is 12.8 Å². The largest absolute Gasteiger partial charge is 0.399 e. The zero-order valence-electron chi connectivity index (χ0n) is 22.7. The van der Waals surface area contributed by atoms with Crippen LogP contribution < -0.4 is 5.73 Å². The van der Waals surface area contributed by atoms with Crippen LogP contribution in [0.4, 0.5) is 10.1 Å². The zero-order chi connectivity index (χ0) is 26.3. The molecule has 198 valence electrons. The molecule has 0 spiro atoms. The molecular formula is C35H41FN2. The highest BCUT2D eigenvalue weighted by atomic mass is 19.1. The maximum atomic E-state index is 11.0. The lowest BCUT2D eigenvalue weighted by atomic mass is 9.86. The Balaban J connectivity index is 0.000000540. The van der Waals surface area contributed by atoms with Gasteiger partial charge in [-0.05, 0) is 113 Å². The van der Waals surface area contributed by atoms with E-state index in [1.807, 2.05) is 13.1 Å². The number of fused-ring (bicyclic) bond motifs is 2. The number of nitrogen functional groups attached to an aromatic ring is 1. The molecule has 6 rings (SSSR count). The summed E-state index contributed by atoms with van der Waals surface area (Å²) in [6.07, 6.45) is 13.9. The van der Waals surface area contributed by atoms with E-state index in [-0.39, 0.29) is 6.67 Å². The van der Waals surface area contributed by atoms with Gasteiger partial charge in [0.1, 0.15) is 0 Å². The van der Waals surface area contributed by atoms with Crippen LogP contribution in [0.1, 0.15) is 86.1 Å². The highest BCUT2D eigenvalue weighted by Crippen LogP contribution is 2.41. The van der Waals surface area contributed by atoms with Crippen molar-refractivity contribution in [3.63, 3.8) is 0 Å². The van der Waals surface area contributed by atoms with E-state index < -0.39 is 0 Å². The van der Waals surface area contributed by atoms with E-state index in [9.17, 15) is 4.39 Å². The molecule has 1 aromatic heterocycles. The third-order valence-electron chi connectivity index (χ3n) is 8.21. The van der Waals surface area contributed by atoms with E-state index in [1.165, 1.54) is 82.0 Å². The SMILES string of the molecule is CCCCF.Nc1ccc2c(c1)C(c1ccc(CC3CCCC3)cc1)=C(c1ccc3[nH]ccc3c1)CCC2. The van der Waals surface area contributed by atoms with Gasteiger partial charge in [-0.3, -0.25) is 4.39 Å². The summed E-state index contributed by atoms with van der Waals surface area (Å²) < 4.78 is 11.0. The molecule has 0 bridgehead atoms. The minimum Gasteiger partial charge on any atom is -0.399 e. The number of hydrogen-bond donors (Lipinski definition) is 2. The molecule has 1 fully saturated rings. The van der Waals surface area contributed by atoms with Gasteiger partial charge in [0.15, 0.2) is 0 Å². The van der Waals surface area contributed by atoms with E-state index in [0.29, 0.717) is 0 Å². The van der Waals surface area contributed by atoms with E-state index in [1.54, 1.807) is 0 Å². The van der Waals surface area contributed by atoms with Crippen LogP contribution in [0.25, 0.3) is 22.0 Å². The lowest BCUT2D eigenvalue weighted by Gasteiger charge is -2.18. The Kier molecular flexibility index (Phi) is 8.63. The number of alkyl halides is 1. The van der Waals surface area contributed by atoms with Gasteiger partial charge in [-0.1, -0.05) is 75.4 Å². The number of aromatic nitrogens is 1. The minimum absolute atomic E-state index is 0.156. The number of allylic oxidation sites excluding steroid dienone is 1. The third kappa shape index (κ3) is 6.04. The summed E-state index contributed by atoms with van der Waals surface area (Å²) in [4.78, 5) is 3.33. The van der Waals surface area contributed by atoms with Gasteiger partial charge < -0.3 is 10.7 Å². The van der Waals surface area contributed by atoms with Crippen molar-refractivity contribution in [2.24, 2.45) is 5.92 Å². The molecule has 1 heterocycles. The van der Waals surface area contributed by atoms with Crippen molar-refractivity contribution in [3.8, 4) is 0 Å². The molecule has 3 N–H and O–H groups in total. The van der Waals surface area contributed by atoms with E-state index >= 15 is 0 Å². The summed E-state index contributed by atoms with van der Waals surface area (Å²) in [5.74, 6) is 0.872. The van der Waals surface area contributed by atoms with Gasteiger partial charge in [0.2, 0.25) is 0 Å². The Bertz CT molecular complexity index is 1370. The molecule has 2 nitrogen and oxygen atoms in total. The van der Waals surface area contributed by atoms with Gasteiger partial charge in [-0.25, -0.2) is 0 Å². The van der Waals surface area contributed by atoms with Gasteiger partial charge in [0.05, 0.1) is 6.67 Å². The Morgan fingerprint density at radius 3 is 2.39 bits per heavy atom. The fourth-order valence-electron chi connectivity index (χ4n) is 6.14. The molecule has 0 atom stereocenters. The second kappa shape index (κ2) is 12.5. The number of aryl methyl sites for hydroxylation is 1. The molecule has 0 amide bonds. The number of anilines is 1. The van der Waals surface area contributed by atoms with Crippen LogP contribution in [-0.4, -0.2) is 11.7 Å². The first kappa shape index (κ1) is 26.3. The molecule has 2 aliphatic rings. The Morgan fingerprint density at radius 1 is 0.868 bits per heavy atom. The predicted molar refractivity (Wildman–Crippen MR) is 161 cm³/mol. The lowest BCUT2D eigenvalue weighted by Crippen LogP contribution is -2.00. The van der Waals surface area contributed by atoms with E-state index in [4.69, 9.17) is 5.73 Å². The number of nitrogens with one attached hydrogen (secondary N) is 1. The average molecular weight is 509 g/mol. The molecule has 0 aliphatic heterocycles. The summed E-state index contributed by atoms with van der Waals surface area (Å²) >= 11 is 0. The summed E-state index contributed by atoms with van der Waals surface area (Å²) in [6, 6.07) is 24.9. The maximum absolute atomic E-state index is 11.0. The Morgan fingerprint density at radius 2 is 1.66 bits per heavy atom. The molecule has 0 radical (unpaired) electrons. The van der Waals surface area contributed by atoms with Gasteiger partial charge in [-0.2, -0.15) is 0 Å². The fraction of sp³-hybridized carbons (Fsp3) is 0.371. The van der Waals surface area contributed by atoms with Gasteiger partial charge in [0, 0.05) is 17.4 Å². The quantitative estimate of drug-likeness (QED) is 0.250. The summed E-state index contributed by atoms with van der Waals surface area (Å²) in [6.45, 7) is 1.82. The molecule has 4 aromatic rings. The van der Waals surface area contributed by atoms with Crippen LogP contribution in [0.2, 0.25) is 0 Å². The number of halogens is 1. The number of rotatable bonds is 6. The van der Waals surface area contributed by atoms with Gasteiger partial charge in [-0.15, -0.1) is 0 Å². The standard InChI is InChI=1S/C31H32N2.C4H9F/c32-27-14-12-23-6-3-7-28(25-13-15-30-26(19-25)16-17-33-30)31(29(23)20-27)24-10-8-22(9-11-24)18-21-4-1-2-5-21;1-2-3-4-5/h8-17,19-21,33H,1-7,18,32H2;2-4H2,1H3. The summed E-state index contributed by atoms with van der Waals surface area (Å²) in [5.41, 5.74) is 18.0. The van der Waals surface area contributed by atoms with Crippen molar-refractivity contribution in [1.29, 1.82) is 0 Å². The average Bonchev–Trinajstić information content (AvgIpc) is 3.59. The predicted octanol–water partition coefficient (Wildman–Crippen LogP) is 9.53. The van der Waals surface area contributed by atoms with Crippen LogP contribution in [0.15, 0.2) is 72.9 Å². The fourth-order valence-corrected chi connectivity index (χ4v) is 6.14. The molecule has 38 heavy (non-hydrogen) atoms. The normalized spacial score (nSPS) is 15.7. The number of benzene rings is 3. The summed E-state index contributed by atoms with van der Waals surface area (Å²) in [7, 11) is 0. The van der Waals surface area contributed by atoms with Crippen LogP contribution in [0.3, 0.4) is 0 Å². The molecule has 3 aromatic carbocycles. The highest BCUT2D eigenvalue weighted by molar-refractivity contribution is 6.01. The molecule has 0 saturated heterocycles. The first-order valence-electron chi connectivity index (χ1n) is 14.5. The highest BCUT2D eigenvalue weighted by Gasteiger charge is 2.21. The summed E-state index contributed by atoms with van der Waals surface area (Å²) in [5, 5.41) is 1.27. The maximum Gasteiger partial charge on any atom is 0.0894 e. The van der Waals surface area contributed by atoms with Gasteiger partial charge in [0.25, 0.3) is 0 Å². The molecule has 1 saturated carbocycles. The van der Waals surface area contributed by atoms with Crippen molar-refractivity contribution in [1.82, 2.24) is 4.98 Å². The minimum atomic E-state index is -0.156. The van der Waals surface area contributed by atoms with Crippen LogP contribution in [0, 0.1) is 5.92 Å². The van der Waals surface area contributed by atoms with E-state index in [0.717, 1.165) is 43.7 Å². The molecule has 2 aliphatic carbocycles. The van der Waals surface area contributed by atoms with Crippen LogP contribution >= 0.6 is 0 Å². The molecular weight excluding hydrogens is 467 g/mol. The number of H-pyrrole nitrogens is 1. The second-order valence-corrected chi connectivity index (χ2v) is 11.0. The monoisotopic (exact) mass is 508 g/mol. The lowest BCUT2D eigenvalue weighted by molar-refractivity contribution is 0.469. The number of hydrogen-bond acceptors (Lipinski definition) is 1. The smallest absolute Gasteiger partial charge is 0.0894 e. The van der Waals surface area contributed by atoms with Crippen molar-refractivity contribution >= 4 is 27.7 Å². The third-order valence-corrected chi connectivity index (χ3v) is 8.21. The van der Waals surface area contributed by atoms with Gasteiger partial charge >= 0.3 is 0 Å². The van der Waals surface area contributed by atoms with Crippen molar-refractivity contribution < 1.29 is 4.39 Å². The Hall–Kier alpha value is -3.33.